The Morgan fingerprint density at radius 1 is 1.73 bits per heavy atom. The highest BCUT2D eigenvalue weighted by molar-refractivity contribution is 5.65. The second-order valence-corrected chi connectivity index (χ2v) is 3.62. The Balaban J connectivity index is 2.02. The summed E-state index contributed by atoms with van der Waals surface area (Å²) in [6.07, 6.45) is 1.39. The fourth-order valence-corrected chi connectivity index (χ4v) is 1.86. The van der Waals surface area contributed by atoms with Gasteiger partial charge in [0.2, 0.25) is 0 Å². The smallest absolute Gasteiger partial charge is 0.407 e. The third kappa shape index (κ3) is 2.30. The van der Waals surface area contributed by atoms with Crippen molar-refractivity contribution in [2.24, 2.45) is 0 Å². The summed E-state index contributed by atoms with van der Waals surface area (Å²) in [6.45, 7) is 1.95. The van der Waals surface area contributed by atoms with E-state index in [2.05, 4.69) is 5.32 Å². The van der Waals surface area contributed by atoms with E-state index in [9.17, 15) is 4.79 Å². The van der Waals surface area contributed by atoms with Crippen molar-refractivity contribution >= 4 is 6.09 Å². The van der Waals surface area contributed by atoms with Gasteiger partial charge < -0.3 is 19.7 Å². The van der Waals surface area contributed by atoms with Crippen molar-refractivity contribution in [3.63, 3.8) is 0 Å². The normalized spacial score (nSPS) is 21.6. The van der Waals surface area contributed by atoms with Gasteiger partial charge in [0.15, 0.2) is 0 Å². The topological polar surface area (TPSA) is 65.7 Å². The number of rotatable bonds is 2. The summed E-state index contributed by atoms with van der Waals surface area (Å²) in [5, 5.41) is 12.2. The number of amides is 1. The van der Waals surface area contributed by atoms with Gasteiger partial charge in [0.25, 0.3) is 0 Å². The van der Waals surface area contributed by atoms with Gasteiger partial charge in [0.1, 0.15) is 5.76 Å². The van der Waals surface area contributed by atoms with Crippen LogP contribution in [0.25, 0.3) is 0 Å². The summed E-state index contributed by atoms with van der Waals surface area (Å²) < 4.78 is 5.22. The summed E-state index contributed by atoms with van der Waals surface area (Å²) in [6, 6.07) is 3.66. The van der Waals surface area contributed by atoms with Crippen LogP contribution in [0.2, 0.25) is 0 Å². The van der Waals surface area contributed by atoms with Crippen molar-refractivity contribution in [2.45, 2.75) is 12.5 Å². The van der Waals surface area contributed by atoms with E-state index < -0.39 is 6.09 Å². The van der Waals surface area contributed by atoms with Crippen LogP contribution in [0.3, 0.4) is 0 Å². The second kappa shape index (κ2) is 4.35. The molecule has 2 heterocycles. The lowest BCUT2D eigenvalue weighted by molar-refractivity contribution is 0.110. The lowest BCUT2D eigenvalue weighted by Gasteiger charge is -2.33. The molecule has 0 aromatic carbocycles. The van der Waals surface area contributed by atoms with Gasteiger partial charge in [0, 0.05) is 26.1 Å². The first-order valence-corrected chi connectivity index (χ1v) is 5.00. The molecule has 0 aliphatic carbocycles. The Hall–Kier alpha value is -1.49. The van der Waals surface area contributed by atoms with E-state index in [0.29, 0.717) is 19.5 Å². The highest BCUT2D eigenvalue weighted by Crippen LogP contribution is 2.11. The van der Waals surface area contributed by atoms with E-state index in [4.69, 9.17) is 9.52 Å². The number of carbonyl (C=O) groups is 1. The average Bonchev–Trinajstić information content (AvgIpc) is 2.71. The van der Waals surface area contributed by atoms with Gasteiger partial charge in [-0.1, -0.05) is 0 Å². The largest absolute Gasteiger partial charge is 0.469 e. The van der Waals surface area contributed by atoms with Gasteiger partial charge >= 0.3 is 6.09 Å². The molecule has 15 heavy (non-hydrogen) atoms. The predicted octanol–water partition coefficient (Wildman–Crippen LogP) is 0.774. The number of nitrogens with one attached hydrogen (secondary N) is 1. The Labute approximate surface area is 87.7 Å². The van der Waals surface area contributed by atoms with Crippen molar-refractivity contribution in [2.75, 3.05) is 19.6 Å². The number of furan rings is 1. The summed E-state index contributed by atoms with van der Waals surface area (Å²) in [5.74, 6) is 0.829. The van der Waals surface area contributed by atoms with Crippen molar-refractivity contribution in [1.82, 2.24) is 10.2 Å². The Morgan fingerprint density at radius 2 is 2.60 bits per heavy atom. The van der Waals surface area contributed by atoms with E-state index in [-0.39, 0.29) is 6.04 Å². The number of hydrogen-bond acceptors (Lipinski definition) is 3. The quantitative estimate of drug-likeness (QED) is 0.756. The molecule has 0 radical (unpaired) electrons. The zero-order valence-corrected chi connectivity index (χ0v) is 8.35. The molecule has 5 nitrogen and oxygen atoms in total. The molecule has 1 fully saturated rings. The minimum Gasteiger partial charge on any atom is -0.469 e. The molecule has 1 aromatic heterocycles. The van der Waals surface area contributed by atoms with E-state index in [1.807, 2.05) is 12.1 Å². The van der Waals surface area contributed by atoms with Crippen LogP contribution in [0.4, 0.5) is 4.79 Å². The molecule has 0 saturated carbocycles. The highest BCUT2D eigenvalue weighted by atomic mass is 16.4. The molecular weight excluding hydrogens is 196 g/mol. The van der Waals surface area contributed by atoms with Crippen LogP contribution in [-0.4, -0.2) is 41.8 Å². The molecule has 0 bridgehead atoms. The van der Waals surface area contributed by atoms with Crippen LogP contribution in [0.1, 0.15) is 5.76 Å². The van der Waals surface area contributed by atoms with Crippen LogP contribution in [-0.2, 0) is 6.42 Å². The fourth-order valence-electron chi connectivity index (χ4n) is 1.86. The van der Waals surface area contributed by atoms with Gasteiger partial charge in [-0.25, -0.2) is 4.79 Å². The van der Waals surface area contributed by atoms with Crippen LogP contribution in [0.15, 0.2) is 22.8 Å². The Bertz CT molecular complexity index is 323. The third-order valence-electron chi connectivity index (χ3n) is 2.61. The van der Waals surface area contributed by atoms with Gasteiger partial charge in [-0.05, 0) is 12.1 Å². The van der Waals surface area contributed by atoms with E-state index in [0.717, 1.165) is 12.3 Å². The van der Waals surface area contributed by atoms with E-state index >= 15 is 0 Å². The fraction of sp³-hybridized carbons (Fsp3) is 0.500. The maximum Gasteiger partial charge on any atom is 0.407 e. The lowest BCUT2D eigenvalue weighted by atomic mass is 10.1. The summed E-state index contributed by atoms with van der Waals surface area (Å²) in [4.78, 5) is 12.4. The molecule has 2 rings (SSSR count). The van der Waals surface area contributed by atoms with Crippen molar-refractivity contribution in [3.05, 3.63) is 24.2 Å². The van der Waals surface area contributed by atoms with Gasteiger partial charge in [0.05, 0.1) is 12.3 Å². The predicted molar refractivity (Wildman–Crippen MR) is 53.8 cm³/mol. The molecule has 1 saturated heterocycles. The maximum atomic E-state index is 11.0. The minimum atomic E-state index is -0.854. The second-order valence-electron chi connectivity index (χ2n) is 3.62. The maximum absolute atomic E-state index is 11.0. The van der Waals surface area contributed by atoms with E-state index in [1.165, 1.54) is 4.90 Å². The molecule has 2 N–H and O–H groups in total. The molecule has 0 spiro atoms. The standard InChI is InChI=1S/C10H14N2O3/c13-10(14)12-4-3-11-7-8(12)6-9-2-1-5-15-9/h1-2,5,8,11H,3-4,6-7H2,(H,13,14). The molecule has 1 aliphatic rings. The first kappa shape index (κ1) is 10.0. The van der Waals surface area contributed by atoms with E-state index in [1.54, 1.807) is 6.26 Å². The number of piperazine rings is 1. The summed E-state index contributed by atoms with van der Waals surface area (Å²) in [5.41, 5.74) is 0. The van der Waals surface area contributed by atoms with Gasteiger partial charge in [-0.15, -0.1) is 0 Å². The molecule has 1 unspecified atom stereocenters. The Kier molecular flexibility index (Phi) is 2.91. The third-order valence-corrected chi connectivity index (χ3v) is 2.61. The van der Waals surface area contributed by atoms with Crippen molar-refractivity contribution in [3.8, 4) is 0 Å². The number of hydrogen-bond donors (Lipinski definition) is 2. The molecule has 5 heteroatoms. The van der Waals surface area contributed by atoms with Crippen molar-refractivity contribution < 1.29 is 14.3 Å². The summed E-state index contributed by atoms with van der Waals surface area (Å²) >= 11 is 0. The molecule has 82 valence electrons. The lowest BCUT2D eigenvalue weighted by Crippen LogP contribution is -2.54. The van der Waals surface area contributed by atoms with Gasteiger partial charge in [-0.2, -0.15) is 0 Å². The first-order chi connectivity index (χ1) is 7.27. The minimum absolute atomic E-state index is 0.0256. The van der Waals surface area contributed by atoms with Crippen LogP contribution in [0, 0.1) is 0 Å². The van der Waals surface area contributed by atoms with Crippen molar-refractivity contribution in [1.29, 1.82) is 0 Å². The number of carboxylic acid groups (broad SMARTS) is 1. The molecule has 1 amide bonds. The molecule has 1 aromatic rings. The Morgan fingerprint density at radius 3 is 3.27 bits per heavy atom. The molecular formula is C10H14N2O3. The van der Waals surface area contributed by atoms with Crippen LogP contribution < -0.4 is 5.32 Å². The average molecular weight is 210 g/mol. The molecule has 1 atom stereocenters. The number of nitrogens with zero attached hydrogens (tertiary/aromatic N) is 1. The molecule has 1 aliphatic heterocycles. The SMILES string of the molecule is O=C(O)N1CCNCC1Cc1ccco1. The van der Waals surface area contributed by atoms with Crippen LogP contribution >= 0.6 is 0 Å². The van der Waals surface area contributed by atoms with Gasteiger partial charge in [-0.3, -0.25) is 0 Å². The zero-order valence-electron chi connectivity index (χ0n) is 8.35. The summed E-state index contributed by atoms with van der Waals surface area (Å²) in [7, 11) is 0. The monoisotopic (exact) mass is 210 g/mol. The first-order valence-electron chi connectivity index (χ1n) is 5.00. The zero-order chi connectivity index (χ0) is 10.7. The van der Waals surface area contributed by atoms with Crippen LogP contribution in [0.5, 0.6) is 0 Å². The highest BCUT2D eigenvalue weighted by Gasteiger charge is 2.26.